The highest BCUT2D eigenvalue weighted by atomic mass is 28.3. The Balaban J connectivity index is 1.32. The van der Waals surface area contributed by atoms with E-state index >= 15 is 0 Å². The number of halogens is 3. The summed E-state index contributed by atoms with van der Waals surface area (Å²) in [6, 6.07) is 2.54. The van der Waals surface area contributed by atoms with Crippen LogP contribution in [-0.2, 0) is 27.2 Å². The van der Waals surface area contributed by atoms with Crippen LogP contribution in [-0.4, -0.2) is 97.2 Å². The number of piperazine rings is 1. The third-order valence-corrected chi connectivity index (χ3v) is 8.78. The molecule has 1 atom stereocenters. The Labute approximate surface area is 243 Å². The van der Waals surface area contributed by atoms with Crippen LogP contribution >= 0.6 is 0 Å². The van der Waals surface area contributed by atoms with E-state index in [1.165, 1.54) is 4.68 Å². The minimum absolute atomic E-state index is 0.00157. The van der Waals surface area contributed by atoms with Gasteiger partial charge < -0.3 is 24.2 Å². The second kappa shape index (κ2) is 13.2. The number of morpholine rings is 1. The molecule has 228 valence electrons. The number of ether oxygens (including phenoxy) is 2. The minimum Gasteiger partial charge on any atom is -0.374 e. The molecule has 1 amide bonds. The van der Waals surface area contributed by atoms with Crippen molar-refractivity contribution in [2.24, 2.45) is 0 Å². The quantitative estimate of drug-likeness (QED) is 0.241. The summed E-state index contributed by atoms with van der Waals surface area (Å²) in [5.74, 6) is 3.06. The van der Waals surface area contributed by atoms with Gasteiger partial charge in [-0.3, -0.25) is 9.59 Å². The van der Waals surface area contributed by atoms with Crippen molar-refractivity contribution in [1.29, 1.82) is 0 Å². The molecule has 2 aliphatic heterocycles. The Kier molecular flexibility index (Phi) is 9.90. The number of carbonyl (C=O) groups is 1. The minimum atomic E-state index is -4.50. The van der Waals surface area contributed by atoms with E-state index in [0.717, 1.165) is 18.4 Å². The molecule has 0 N–H and O–H groups in total. The van der Waals surface area contributed by atoms with E-state index < -0.39 is 31.5 Å². The first-order valence-electron chi connectivity index (χ1n) is 13.8. The fraction of sp³-hybridized carbons (Fsp3) is 0.593. The SMILES string of the molecule is C#Cc1cc(N2CCOC(CC(=O)N3CCN(c4ncc(C(F)(F)F)cn4)CC3)C2)nn(COCC[Si](C)(C)C)c1=O. The fourth-order valence-corrected chi connectivity index (χ4v) is 5.32. The number of hydrogen-bond acceptors (Lipinski definition) is 9. The number of anilines is 2. The summed E-state index contributed by atoms with van der Waals surface area (Å²) < 4.78 is 51.2. The molecule has 2 fully saturated rings. The van der Waals surface area contributed by atoms with Crippen molar-refractivity contribution in [3.8, 4) is 12.3 Å². The number of carbonyl (C=O) groups excluding carboxylic acids is 1. The van der Waals surface area contributed by atoms with Crippen molar-refractivity contribution in [3.63, 3.8) is 0 Å². The van der Waals surface area contributed by atoms with Gasteiger partial charge in [-0.2, -0.15) is 13.2 Å². The highest BCUT2D eigenvalue weighted by Crippen LogP contribution is 2.28. The van der Waals surface area contributed by atoms with Gasteiger partial charge in [-0.05, 0) is 6.04 Å². The molecule has 15 heteroatoms. The number of aromatic nitrogens is 4. The smallest absolute Gasteiger partial charge is 0.374 e. The van der Waals surface area contributed by atoms with E-state index in [4.69, 9.17) is 15.9 Å². The monoisotopic (exact) mass is 607 g/mol. The van der Waals surface area contributed by atoms with Crippen molar-refractivity contribution in [3.05, 3.63) is 39.9 Å². The van der Waals surface area contributed by atoms with Crippen LogP contribution in [0.3, 0.4) is 0 Å². The van der Waals surface area contributed by atoms with Gasteiger partial charge in [0.2, 0.25) is 11.9 Å². The van der Waals surface area contributed by atoms with E-state index in [1.807, 2.05) is 4.90 Å². The van der Waals surface area contributed by atoms with Gasteiger partial charge in [-0.1, -0.05) is 25.6 Å². The number of alkyl halides is 3. The second-order valence-corrected chi connectivity index (χ2v) is 17.1. The van der Waals surface area contributed by atoms with Gasteiger partial charge in [0.1, 0.15) is 6.73 Å². The van der Waals surface area contributed by atoms with E-state index in [9.17, 15) is 22.8 Å². The number of hydrogen-bond donors (Lipinski definition) is 0. The lowest BCUT2D eigenvalue weighted by molar-refractivity contribution is -0.138. The van der Waals surface area contributed by atoms with Crippen LogP contribution in [0, 0.1) is 12.3 Å². The summed E-state index contributed by atoms with van der Waals surface area (Å²) in [5, 5.41) is 4.49. The molecule has 2 aromatic rings. The van der Waals surface area contributed by atoms with Gasteiger partial charge in [-0.25, -0.2) is 14.6 Å². The Morgan fingerprint density at radius 2 is 1.83 bits per heavy atom. The van der Waals surface area contributed by atoms with Crippen LogP contribution in [0.1, 0.15) is 17.5 Å². The third kappa shape index (κ3) is 8.30. The summed E-state index contributed by atoms with van der Waals surface area (Å²) in [5.41, 5.74) is -1.12. The molecule has 11 nitrogen and oxygen atoms in total. The lowest BCUT2D eigenvalue weighted by Gasteiger charge is -2.37. The van der Waals surface area contributed by atoms with Crippen LogP contribution in [0.2, 0.25) is 25.7 Å². The average Bonchev–Trinajstić information content (AvgIpc) is 2.95. The first kappa shape index (κ1) is 31.5. The van der Waals surface area contributed by atoms with Crippen LogP contribution < -0.4 is 15.4 Å². The summed E-state index contributed by atoms with van der Waals surface area (Å²) in [6.45, 7) is 10.1. The van der Waals surface area contributed by atoms with E-state index in [0.29, 0.717) is 58.3 Å². The lowest BCUT2D eigenvalue weighted by Crippen LogP contribution is -2.51. The molecular weight excluding hydrogens is 571 g/mol. The van der Waals surface area contributed by atoms with Gasteiger partial charge >= 0.3 is 6.18 Å². The average molecular weight is 608 g/mol. The van der Waals surface area contributed by atoms with Gasteiger partial charge in [0.15, 0.2) is 5.82 Å². The zero-order valence-corrected chi connectivity index (χ0v) is 25.1. The van der Waals surface area contributed by atoms with E-state index in [2.05, 4.69) is 40.6 Å². The van der Waals surface area contributed by atoms with Crippen molar-refractivity contribution in [2.45, 2.75) is 51.1 Å². The first-order chi connectivity index (χ1) is 19.8. The number of rotatable bonds is 9. The molecule has 0 aliphatic carbocycles. The molecule has 0 spiro atoms. The number of nitrogens with zero attached hydrogens (tertiary/aromatic N) is 7. The molecule has 0 bridgehead atoms. The van der Waals surface area contributed by atoms with E-state index in [-0.39, 0.29) is 30.6 Å². The maximum absolute atomic E-state index is 13.1. The van der Waals surface area contributed by atoms with Gasteiger partial charge in [0.05, 0.1) is 30.3 Å². The molecule has 4 rings (SSSR count). The normalized spacial score (nSPS) is 18.2. The van der Waals surface area contributed by atoms with Crippen molar-refractivity contribution >= 4 is 25.7 Å². The molecule has 2 aromatic heterocycles. The van der Waals surface area contributed by atoms with Crippen LogP contribution in [0.15, 0.2) is 23.3 Å². The molecule has 0 radical (unpaired) electrons. The Morgan fingerprint density at radius 1 is 1.14 bits per heavy atom. The standard InChI is InChI=1S/C27H36F3N7O4Si/c1-5-20-14-23(33-37(25(20)39)19-40-12-13-42(2,3)4)36-10-11-41-22(18-36)15-24(38)34-6-8-35(9-7-34)26-31-16-21(17-32-26)27(28,29)30/h1,14,16-17,22H,6-13,15,18-19H2,2-4H3. The summed E-state index contributed by atoms with van der Waals surface area (Å²) in [7, 11) is -1.29. The fourth-order valence-electron chi connectivity index (χ4n) is 4.56. The highest BCUT2D eigenvalue weighted by molar-refractivity contribution is 6.76. The molecular formula is C27H36F3N7O4Si. The van der Waals surface area contributed by atoms with Crippen LogP contribution in [0.4, 0.5) is 24.9 Å². The zero-order chi connectivity index (χ0) is 30.5. The molecule has 4 heterocycles. The van der Waals surface area contributed by atoms with Gasteiger partial charge in [0.25, 0.3) is 5.56 Å². The highest BCUT2D eigenvalue weighted by Gasteiger charge is 2.32. The third-order valence-electron chi connectivity index (χ3n) is 7.07. The van der Waals surface area contributed by atoms with E-state index in [1.54, 1.807) is 15.9 Å². The Bertz CT molecular complexity index is 1330. The zero-order valence-electron chi connectivity index (χ0n) is 24.1. The maximum Gasteiger partial charge on any atom is 0.419 e. The molecule has 0 saturated carbocycles. The predicted octanol–water partition coefficient (Wildman–Crippen LogP) is 2.29. The summed E-state index contributed by atoms with van der Waals surface area (Å²) >= 11 is 0. The Morgan fingerprint density at radius 3 is 2.45 bits per heavy atom. The topological polar surface area (TPSA) is 106 Å². The van der Waals surface area contributed by atoms with Gasteiger partial charge in [-0.15, -0.1) is 11.5 Å². The molecule has 2 saturated heterocycles. The summed E-state index contributed by atoms with van der Waals surface area (Å²) in [6.07, 6.45) is 2.38. The largest absolute Gasteiger partial charge is 0.419 e. The number of amides is 1. The van der Waals surface area contributed by atoms with Gasteiger partial charge in [0, 0.05) is 72.4 Å². The van der Waals surface area contributed by atoms with Crippen molar-refractivity contribution in [2.75, 3.05) is 62.3 Å². The summed E-state index contributed by atoms with van der Waals surface area (Å²) in [4.78, 5) is 38.9. The molecule has 1 unspecified atom stereocenters. The lowest BCUT2D eigenvalue weighted by atomic mass is 10.1. The van der Waals surface area contributed by atoms with Crippen LogP contribution in [0.5, 0.6) is 0 Å². The maximum atomic E-state index is 13.1. The van der Waals surface area contributed by atoms with Crippen LogP contribution in [0.25, 0.3) is 0 Å². The predicted molar refractivity (Wildman–Crippen MR) is 153 cm³/mol. The van der Waals surface area contributed by atoms with Crippen molar-refractivity contribution in [1.82, 2.24) is 24.6 Å². The Hall–Kier alpha value is -3.48. The molecule has 2 aliphatic rings. The first-order valence-corrected chi connectivity index (χ1v) is 17.5. The second-order valence-electron chi connectivity index (χ2n) is 11.5. The molecule has 0 aromatic carbocycles. The van der Waals surface area contributed by atoms with Crippen molar-refractivity contribution < 1.29 is 27.4 Å². The molecule has 42 heavy (non-hydrogen) atoms. The number of terminal acetylenes is 1.